The van der Waals surface area contributed by atoms with E-state index in [0.29, 0.717) is 19.5 Å². The summed E-state index contributed by atoms with van der Waals surface area (Å²) in [5.74, 6) is 1.06. The van der Waals surface area contributed by atoms with Crippen LogP contribution in [0.2, 0.25) is 0 Å². The zero-order valence-corrected chi connectivity index (χ0v) is 21.4. The van der Waals surface area contributed by atoms with Gasteiger partial charge < -0.3 is 24.4 Å². The first kappa shape index (κ1) is 26.7. The second-order valence-corrected chi connectivity index (χ2v) is 10.00. The lowest BCUT2D eigenvalue weighted by Crippen LogP contribution is -2.42. The maximum atomic E-state index is 12.3. The first-order valence-corrected chi connectivity index (χ1v) is 12.5. The highest BCUT2D eigenvalue weighted by molar-refractivity contribution is 6.18. The van der Waals surface area contributed by atoms with Crippen LogP contribution in [-0.2, 0) is 22.5 Å². The molecule has 2 amide bonds. The summed E-state index contributed by atoms with van der Waals surface area (Å²) >= 11 is 6.05. The summed E-state index contributed by atoms with van der Waals surface area (Å²) < 4.78 is 16.9. The van der Waals surface area contributed by atoms with Crippen LogP contribution in [0.25, 0.3) is 0 Å². The molecule has 1 aliphatic heterocycles. The number of rotatable bonds is 8. The van der Waals surface area contributed by atoms with Gasteiger partial charge in [0.1, 0.15) is 24.1 Å². The first-order chi connectivity index (χ1) is 16.7. The van der Waals surface area contributed by atoms with E-state index in [1.54, 1.807) is 4.90 Å². The monoisotopic (exact) mass is 502 g/mol. The van der Waals surface area contributed by atoms with Gasteiger partial charge in [-0.15, -0.1) is 11.6 Å². The number of carbonyl (C=O) groups excluding carboxylic acids is 2. The molecule has 35 heavy (non-hydrogen) atoms. The number of hydrogen-bond donors (Lipinski definition) is 1. The number of alkyl carbamates (subject to hydrolysis) is 1. The van der Waals surface area contributed by atoms with Crippen LogP contribution in [0, 0.1) is 0 Å². The fourth-order valence-electron chi connectivity index (χ4n) is 3.77. The van der Waals surface area contributed by atoms with E-state index < -0.39 is 11.7 Å². The van der Waals surface area contributed by atoms with Crippen LogP contribution in [0.15, 0.2) is 54.6 Å². The Bertz CT molecular complexity index is 938. The smallest absolute Gasteiger partial charge is 0.410 e. The van der Waals surface area contributed by atoms with Gasteiger partial charge in [-0.1, -0.05) is 42.5 Å². The van der Waals surface area contributed by atoms with Gasteiger partial charge in [0, 0.05) is 37.9 Å². The average molecular weight is 503 g/mol. The summed E-state index contributed by atoms with van der Waals surface area (Å²) in [6.07, 6.45) is 1.37. The van der Waals surface area contributed by atoms with Gasteiger partial charge in [-0.05, 0) is 50.5 Å². The van der Waals surface area contributed by atoms with E-state index in [1.165, 1.54) is 0 Å². The molecule has 0 aliphatic carbocycles. The number of carbonyl (C=O) groups is 2. The van der Waals surface area contributed by atoms with Gasteiger partial charge in [0.2, 0.25) is 0 Å². The lowest BCUT2D eigenvalue weighted by atomic mass is 10.1. The van der Waals surface area contributed by atoms with Crippen molar-refractivity contribution in [3.8, 4) is 5.75 Å². The molecule has 2 aromatic rings. The van der Waals surface area contributed by atoms with E-state index in [9.17, 15) is 9.59 Å². The van der Waals surface area contributed by atoms with E-state index in [2.05, 4.69) is 5.32 Å². The summed E-state index contributed by atoms with van der Waals surface area (Å²) in [6.45, 7) is 6.95. The summed E-state index contributed by atoms with van der Waals surface area (Å²) in [5, 5.41) is 2.82. The van der Waals surface area contributed by atoms with Gasteiger partial charge in [-0.3, -0.25) is 0 Å². The zero-order valence-electron chi connectivity index (χ0n) is 20.7. The second-order valence-electron chi connectivity index (χ2n) is 9.69. The van der Waals surface area contributed by atoms with E-state index >= 15 is 0 Å². The largest absolute Gasteiger partial charge is 0.490 e. The first-order valence-electron chi connectivity index (χ1n) is 12.0. The minimum Gasteiger partial charge on any atom is -0.490 e. The molecule has 2 aromatic carbocycles. The maximum Gasteiger partial charge on any atom is 0.410 e. The molecule has 1 aliphatic rings. The number of ether oxygens (including phenoxy) is 3. The Labute approximate surface area is 212 Å². The fourth-order valence-corrected chi connectivity index (χ4v) is 3.95. The SMILES string of the molecule is CC(C)(C)OC(=O)N[C@H](CCl)Cc1ccc(OC2CCN(C(=O)OCc3ccccc3)CC2)cc1. The number of hydrogen-bond acceptors (Lipinski definition) is 5. The number of nitrogens with zero attached hydrogens (tertiary/aromatic N) is 1. The summed E-state index contributed by atoms with van der Waals surface area (Å²) in [6, 6.07) is 17.2. The molecular formula is C27H35ClN2O5. The molecule has 0 aromatic heterocycles. The number of piperidine rings is 1. The minimum atomic E-state index is -0.557. The van der Waals surface area contributed by atoms with Crippen LogP contribution in [0.5, 0.6) is 5.75 Å². The Hall–Kier alpha value is -2.93. The van der Waals surface area contributed by atoms with Crippen molar-refractivity contribution in [2.24, 2.45) is 0 Å². The lowest BCUT2D eigenvalue weighted by Gasteiger charge is -2.31. The van der Waals surface area contributed by atoms with Gasteiger partial charge in [-0.25, -0.2) is 9.59 Å². The predicted octanol–water partition coefficient (Wildman–Crippen LogP) is 5.54. The van der Waals surface area contributed by atoms with Gasteiger partial charge in [-0.2, -0.15) is 0 Å². The molecule has 3 rings (SSSR count). The summed E-state index contributed by atoms with van der Waals surface area (Å²) in [5.41, 5.74) is 1.45. The molecule has 1 N–H and O–H groups in total. The average Bonchev–Trinajstić information content (AvgIpc) is 2.83. The van der Waals surface area contributed by atoms with Gasteiger partial charge >= 0.3 is 12.2 Å². The molecule has 8 heteroatoms. The molecular weight excluding hydrogens is 468 g/mol. The van der Waals surface area contributed by atoms with Crippen molar-refractivity contribution in [2.45, 2.75) is 64.4 Å². The Kier molecular flexibility index (Phi) is 9.66. The van der Waals surface area contributed by atoms with E-state index in [4.69, 9.17) is 25.8 Å². The van der Waals surface area contributed by atoms with Crippen LogP contribution in [0.3, 0.4) is 0 Å². The topological polar surface area (TPSA) is 77.1 Å². The maximum absolute atomic E-state index is 12.3. The molecule has 0 spiro atoms. The third-order valence-electron chi connectivity index (χ3n) is 5.52. The quantitative estimate of drug-likeness (QED) is 0.479. The van der Waals surface area contributed by atoms with Crippen LogP contribution >= 0.6 is 11.6 Å². The Morgan fingerprint density at radius 3 is 2.29 bits per heavy atom. The molecule has 1 heterocycles. The van der Waals surface area contributed by atoms with Crippen molar-refractivity contribution < 1.29 is 23.8 Å². The summed E-state index contributed by atoms with van der Waals surface area (Å²) in [7, 11) is 0. The number of amides is 2. The molecule has 1 saturated heterocycles. The third kappa shape index (κ3) is 9.32. The van der Waals surface area contributed by atoms with Crippen molar-refractivity contribution in [3.63, 3.8) is 0 Å². The highest BCUT2D eigenvalue weighted by atomic mass is 35.5. The Morgan fingerprint density at radius 2 is 1.69 bits per heavy atom. The number of halogens is 1. The predicted molar refractivity (Wildman–Crippen MR) is 136 cm³/mol. The highest BCUT2D eigenvalue weighted by Gasteiger charge is 2.25. The van der Waals surface area contributed by atoms with Crippen molar-refractivity contribution in [1.29, 1.82) is 0 Å². The van der Waals surface area contributed by atoms with Gasteiger partial charge in [0.25, 0.3) is 0 Å². The van der Waals surface area contributed by atoms with E-state index in [-0.39, 0.29) is 30.7 Å². The normalized spacial score (nSPS) is 15.3. The van der Waals surface area contributed by atoms with Gasteiger partial charge in [0.05, 0.1) is 0 Å². The van der Waals surface area contributed by atoms with Crippen LogP contribution in [-0.4, -0.2) is 53.8 Å². The van der Waals surface area contributed by atoms with Crippen molar-refractivity contribution in [3.05, 3.63) is 65.7 Å². The van der Waals surface area contributed by atoms with Crippen molar-refractivity contribution in [2.75, 3.05) is 19.0 Å². The van der Waals surface area contributed by atoms with Crippen LogP contribution < -0.4 is 10.1 Å². The van der Waals surface area contributed by atoms with Crippen molar-refractivity contribution in [1.82, 2.24) is 10.2 Å². The van der Waals surface area contributed by atoms with Crippen molar-refractivity contribution >= 4 is 23.8 Å². The van der Waals surface area contributed by atoms with E-state index in [0.717, 1.165) is 29.7 Å². The Balaban J connectivity index is 1.40. The molecule has 0 saturated carbocycles. The lowest BCUT2D eigenvalue weighted by molar-refractivity contribution is 0.0508. The molecule has 1 atom stereocenters. The molecule has 1 fully saturated rings. The number of nitrogens with one attached hydrogen (secondary N) is 1. The summed E-state index contributed by atoms with van der Waals surface area (Å²) in [4.78, 5) is 26.1. The standard InChI is InChI=1S/C27H35ClN2O5/c1-27(2,3)35-25(31)29-22(18-28)17-20-9-11-23(12-10-20)34-24-13-15-30(16-14-24)26(32)33-19-21-7-5-4-6-8-21/h4-12,22,24H,13-19H2,1-3H3,(H,29,31)/t22-/m0/s1. The van der Waals surface area contributed by atoms with E-state index in [1.807, 2.05) is 75.4 Å². The van der Waals surface area contributed by atoms with Gasteiger partial charge in [0.15, 0.2) is 0 Å². The zero-order chi connectivity index (χ0) is 25.3. The van der Waals surface area contributed by atoms with Crippen LogP contribution in [0.1, 0.15) is 44.7 Å². The molecule has 190 valence electrons. The van der Waals surface area contributed by atoms with Crippen LogP contribution in [0.4, 0.5) is 9.59 Å². The molecule has 0 bridgehead atoms. The molecule has 0 unspecified atom stereocenters. The fraction of sp³-hybridized carbons (Fsp3) is 0.481. The number of alkyl halides is 1. The Morgan fingerprint density at radius 1 is 1.03 bits per heavy atom. The number of likely N-dealkylation sites (tertiary alicyclic amines) is 1. The second kappa shape index (κ2) is 12.7. The number of benzene rings is 2. The highest BCUT2D eigenvalue weighted by Crippen LogP contribution is 2.21. The molecule has 7 nitrogen and oxygen atoms in total. The molecule has 0 radical (unpaired) electrons. The minimum absolute atomic E-state index is 0.0449. The third-order valence-corrected chi connectivity index (χ3v) is 5.89.